The maximum Gasteiger partial charge on any atom is 0.200 e. The Bertz CT molecular complexity index is 857. The zero-order valence-corrected chi connectivity index (χ0v) is 17.6. The quantitative estimate of drug-likeness (QED) is 0.497. The number of hydrogen-bond acceptors (Lipinski definition) is 5. The molecular formula is C22H29FN4O3. The molecule has 0 unspecified atom stereocenters. The van der Waals surface area contributed by atoms with Gasteiger partial charge in [-0.3, -0.25) is 4.99 Å². The molecule has 1 heterocycles. The Balaban J connectivity index is 1.53. The first-order chi connectivity index (χ1) is 14.5. The molecule has 162 valence electrons. The molecule has 1 saturated heterocycles. The molecular weight excluding hydrogens is 387 g/mol. The van der Waals surface area contributed by atoms with E-state index >= 15 is 0 Å². The molecule has 0 radical (unpaired) electrons. The van der Waals surface area contributed by atoms with Gasteiger partial charge in [-0.05, 0) is 48.7 Å². The summed E-state index contributed by atoms with van der Waals surface area (Å²) in [4.78, 5) is 6.51. The second-order valence-corrected chi connectivity index (χ2v) is 7.16. The number of hydrogen-bond donors (Lipinski definition) is 3. The normalized spacial score (nSPS) is 15.1. The third-order valence-electron chi connectivity index (χ3n) is 5.23. The van der Waals surface area contributed by atoms with E-state index in [1.165, 1.54) is 20.3 Å². The maximum atomic E-state index is 13.5. The smallest absolute Gasteiger partial charge is 0.200 e. The lowest BCUT2D eigenvalue weighted by molar-refractivity contribution is 0.339. The fourth-order valence-electron chi connectivity index (χ4n) is 3.58. The molecule has 0 saturated carbocycles. The highest BCUT2D eigenvalue weighted by molar-refractivity contribution is 5.80. The summed E-state index contributed by atoms with van der Waals surface area (Å²) >= 11 is 0. The minimum atomic E-state index is -0.208. The van der Waals surface area contributed by atoms with Crippen molar-refractivity contribution in [2.24, 2.45) is 4.99 Å². The minimum Gasteiger partial charge on any atom is -0.502 e. The Morgan fingerprint density at radius 2 is 1.83 bits per heavy atom. The number of ether oxygens (including phenoxy) is 2. The van der Waals surface area contributed by atoms with Crippen molar-refractivity contribution in [2.75, 3.05) is 39.3 Å². The van der Waals surface area contributed by atoms with Crippen LogP contribution in [0.2, 0.25) is 0 Å². The molecule has 1 aliphatic heterocycles. The summed E-state index contributed by atoms with van der Waals surface area (Å²) < 4.78 is 23.9. The van der Waals surface area contributed by atoms with Crippen LogP contribution < -0.4 is 25.0 Å². The Kier molecular flexibility index (Phi) is 7.21. The lowest BCUT2D eigenvalue weighted by Gasteiger charge is -2.34. The van der Waals surface area contributed by atoms with Crippen molar-refractivity contribution < 1.29 is 19.0 Å². The van der Waals surface area contributed by atoms with Gasteiger partial charge in [0.15, 0.2) is 17.5 Å². The standard InChI is InChI=1S/C22H29FN4O3/c1-24-22(25-14-15-11-19(29-2)21(28)20(12-15)30-3)26-17-7-9-27(10-8-17)18-6-4-5-16(23)13-18/h4-6,11-13,17,28H,7-10,14H2,1-3H3,(H2,24,25,26). The second kappa shape index (κ2) is 10.0. The predicted molar refractivity (Wildman–Crippen MR) is 116 cm³/mol. The number of nitrogens with zero attached hydrogens (tertiary/aromatic N) is 2. The van der Waals surface area contributed by atoms with Crippen molar-refractivity contribution in [3.05, 3.63) is 47.8 Å². The molecule has 8 heteroatoms. The molecule has 0 amide bonds. The van der Waals surface area contributed by atoms with Crippen LogP contribution in [-0.4, -0.2) is 51.5 Å². The van der Waals surface area contributed by atoms with E-state index in [-0.39, 0.29) is 17.6 Å². The van der Waals surface area contributed by atoms with Gasteiger partial charge in [0.1, 0.15) is 5.82 Å². The van der Waals surface area contributed by atoms with E-state index in [0.717, 1.165) is 37.2 Å². The number of piperidine rings is 1. The highest BCUT2D eigenvalue weighted by Gasteiger charge is 2.20. The van der Waals surface area contributed by atoms with E-state index in [4.69, 9.17) is 9.47 Å². The van der Waals surface area contributed by atoms with E-state index in [1.54, 1.807) is 31.3 Å². The van der Waals surface area contributed by atoms with Crippen molar-refractivity contribution >= 4 is 11.6 Å². The van der Waals surface area contributed by atoms with Crippen LogP contribution in [0.3, 0.4) is 0 Å². The van der Waals surface area contributed by atoms with E-state index in [0.29, 0.717) is 24.0 Å². The number of nitrogens with one attached hydrogen (secondary N) is 2. The van der Waals surface area contributed by atoms with Crippen LogP contribution in [0.4, 0.5) is 10.1 Å². The van der Waals surface area contributed by atoms with Gasteiger partial charge in [0.25, 0.3) is 0 Å². The van der Waals surface area contributed by atoms with Crippen molar-refractivity contribution in [1.82, 2.24) is 10.6 Å². The summed E-state index contributed by atoms with van der Waals surface area (Å²) in [5, 5.41) is 16.8. The molecule has 3 N–H and O–H groups in total. The van der Waals surface area contributed by atoms with Crippen molar-refractivity contribution in [2.45, 2.75) is 25.4 Å². The first kappa shape index (κ1) is 21.5. The molecule has 30 heavy (non-hydrogen) atoms. The number of anilines is 1. The SMILES string of the molecule is CN=C(NCc1cc(OC)c(O)c(OC)c1)NC1CCN(c2cccc(F)c2)CC1. The molecule has 2 aromatic rings. The van der Waals surface area contributed by atoms with Gasteiger partial charge in [0.2, 0.25) is 5.75 Å². The van der Waals surface area contributed by atoms with Gasteiger partial charge in [0.05, 0.1) is 14.2 Å². The summed E-state index contributed by atoms with van der Waals surface area (Å²) in [6.45, 7) is 2.20. The number of aromatic hydroxyl groups is 1. The number of aliphatic imine (C=N–C) groups is 1. The number of guanidine groups is 1. The maximum absolute atomic E-state index is 13.5. The first-order valence-electron chi connectivity index (χ1n) is 9.95. The molecule has 0 spiro atoms. The predicted octanol–water partition coefficient (Wildman–Crippen LogP) is 2.88. The minimum absolute atomic E-state index is 0.0173. The molecule has 3 rings (SSSR count). The van der Waals surface area contributed by atoms with Crippen LogP contribution in [0.15, 0.2) is 41.4 Å². The second-order valence-electron chi connectivity index (χ2n) is 7.16. The van der Waals surface area contributed by atoms with E-state index in [1.807, 2.05) is 6.07 Å². The van der Waals surface area contributed by atoms with Crippen LogP contribution in [0, 0.1) is 5.82 Å². The van der Waals surface area contributed by atoms with Crippen LogP contribution in [0.5, 0.6) is 17.2 Å². The number of halogens is 1. The average molecular weight is 416 g/mol. The van der Waals surface area contributed by atoms with Crippen molar-refractivity contribution in [3.8, 4) is 17.2 Å². The number of phenolic OH excluding ortho intramolecular Hbond substituents is 1. The van der Waals surface area contributed by atoms with Crippen LogP contribution in [0.25, 0.3) is 0 Å². The fraction of sp³-hybridized carbons (Fsp3) is 0.409. The summed E-state index contributed by atoms with van der Waals surface area (Å²) in [5.41, 5.74) is 1.82. The summed E-state index contributed by atoms with van der Waals surface area (Å²) in [6, 6.07) is 10.5. The molecule has 0 aliphatic carbocycles. The molecule has 0 bridgehead atoms. The summed E-state index contributed by atoms with van der Waals surface area (Å²) in [7, 11) is 4.74. The topological polar surface area (TPSA) is 78.4 Å². The number of methoxy groups -OCH3 is 2. The van der Waals surface area contributed by atoms with Gasteiger partial charge < -0.3 is 30.1 Å². The van der Waals surface area contributed by atoms with Crippen molar-refractivity contribution in [3.63, 3.8) is 0 Å². The number of rotatable bonds is 6. The van der Waals surface area contributed by atoms with Gasteiger partial charge in [-0.2, -0.15) is 0 Å². The fourth-order valence-corrected chi connectivity index (χ4v) is 3.58. The Morgan fingerprint density at radius 3 is 2.40 bits per heavy atom. The lowest BCUT2D eigenvalue weighted by atomic mass is 10.0. The zero-order chi connectivity index (χ0) is 21.5. The van der Waals surface area contributed by atoms with Crippen LogP contribution in [0.1, 0.15) is 18.4 Å². The van der Waals surface area contributed by atoms with Crippen LogP contribution >= 0.6 is 0 Å². The number of phenols is 1. The molecule has 7 nitrogen and oxygen atoms in total. The Hall–Kier alpha value is -3.16. The van der Waals surface area contributed by atoms with Gasteiger partial charge in [-0.1, -0.05) is 6.07 Å². The third kappa shape index (κ3) is 5.25. The van der Waals surface area contributed by atoms with Gasteiger partial charge in [-0.25, -0.2) is 4.39 Å². The van der Waals surface area contributed by atoms with Gasteiger partial charge >= 0.3 is 0 Å². The Labute approximate surface area is 176 Å². The van der Waals surface area contributed by atoms with Gasteiger partial charge in [0, 0.05) is 38.4 Å². The summed E-state index contributed by atoms with van der Waals surface area (Å²) in [5.74, 6) is 1.19. The van der Waals surface area contributed by atoms with Crippen LogP contribution in [-0.2, 0) is 6.54 Å². The zero-order valence-electron chi connectivity index (χ0n) is 17.6. The largest absolute Gasteiger partial charge is 0.502 e. The van der Waals surface area contributed by atoms with Crippen molar-refractivity contribution in [1.29, 1.82) is 0 Å². The molecule has 1 fully saturated rings. The monoisotopic (exact) mass is 416 g/mol. The van der Waals surface area contributed by atoms with E-state index in [9.17, 15) is 9.50 Å². The van der Waals surface area contributed by atoms with E-state index < -0.39 is 0 Å². The van der Waals surface area contributed by atoms with E-state index in [2.05, 4.69) is 20.5 Å². The first-order valence-corrected chi connectivity index (χ1v) is 9.95. The third-order valence-corrected chi connectivity index (χ3v) is 5.23. The highest BCUT2D eigenvalue weighted by Crippen LogP contribution is 2.37. The molecule has 1 aliphatic rings. The molecule has 0 atom stereocenters. The molecule has 2 aromatic carbocycles. The lowest BCUT2D eigenvalue weighted by Crippen LogP contribution is -2.48. The van der Waals surface area contributed by atoms with Gasteiger partial charge in [-0.15, -0.1) is 0 Å². The summed E-state index contributed by atoms with van der Waals surface area (Å²) in [6.07, 6.45) is 1.86. The molecule has 0 aromatic heterocycles. The number of benzene rings is 2. The highest BCUT2D eigenvalue weighted by atomic mass is 19.1. The average Bonchev–Trinajstić information content (AvgIpc) is 2.77. The Morgan fingerprint density at radius 1 is 1.17 bits per heavy atom.